The van der Waals surface area contributed by atoms with Crippen LogP contribution in [0.1, 0.15) is 31.7 Å². The van der Waals surface area contributed by atoms with Crippen LogP contribution in [0, 0.1) is 23.2 Å². The van der Waals surface area contributed by atoms with E-state index in [1.165, 1.54) is 0 Å². The van der Waals surface area contributed by atoms with Crippen LogP contribution in [0.5, 0.6) is 0 Å². The average Bonchev–Trinajstić information content (AvgIpc) is 3.35. The highest BCUT2D eigenvalue weighted by atomic mass is 16.1. The van der Waals surface area contributed by atoms with Crippen molar-refractivity contribution < 1.29 is 4.79 Å². The maximum atomic E-state index is 12.7. The highest BCUT2D eigenvalue weighted by Gasteiger charge is 2.50. The van der Waals surface area contributed by atoms with Crippen LogP contribution in [0.15, 0.2) is 54.4 Å². The van der Waals surface area contributed by atoms with Gasteiger partial charge in [-0.05, 0) is 30.9 Å². The zero-order chi connectivity index (χ0) is 21.0. The number of rotatable bonds is 2. The SMILES string of the molecule is C[C@@H]1C(=O)C(C#N)=C[C@]2(C)c3nc(-c4cnn(C)c4)n(-c4ccccc4)c3CC[C@@H]12. The summed E-state index contributed by atoms with van der Waals surface area (Å²) >= 11 is 0. The lowest BCUT2D eigenvalue weighted by molar-refractivity contribution is -0.121. The predicted octanol–water partition coefficient (Wildman–Crippen LogP) is 3.76. The molecule has 0 saturated heterocycles. The van der Waals surface area contributed by atoms with E-state index in [1.54, 1.807) is 4.68 Å². The molecule has 0 saturated carbocycles. The van der Waals surface area contributed by atoms with Crippen LogP contribution in [0.2, 0.25) is 0 Å². The number of nitrogens with zero attached hydrogens (tertiary/aromatic N) is 5. The molecular weight excluding hydrogens is 374 g/mol. The largest absolute Gasteiger partial charge is 0.296 e. The molecule has 5 rings (SSSR count). The first-order valence-corrected chi connectivity index (χ1v) is 10.3. The number of aromatic nitrogens is 4. The number of fused-ring (bicyclic) bond motifs is 3. The summed E-state index contributed by atoms with van der Waals surface area (Å²) in [5.74, 6) is 0.748. The summed E-state index contributed by atoms with van der Waals surface area (Å²) in [6.45, 7) is 4.09. The van der Waals surface area contributed by atoms with E-state index in [-0.39, 0.29) is 23.2 Å². The van der Waals surface area contributed by atoms with Crippen LogP contribution < -0.4 is 0 Å². The van der Waals surface area contributed by atoms with Gasteiger partial charge in [-0.15, -0.1) is 0 Å². The molecule has 2 aliphatic carbocycles. The second-order valence-electron chi connectivity index (χ2n) is 8.55. The first-order valence-electron chi connectivity index (χ1n) is 10.3. The van der Waals surface area contributed by atoms with Crippen LogP contribution in [0.25, 0.3) is 17.1 Å². The molecule has 0 aliphatic heterocycles. The van der Waals surface area contributed by atoms with E-state index < -0.39 is 5.41 Å². The molecule has 0 spiro atoms. The minimum Gasteiger partial charge on any atom is -0.296 e. The van der Waals surface area contributed by atoms with Gasteiger partial charge in [0, 0.05) is 36.0 Å². The summed E-state index contributed by atoms with van der Waals surface area (Å²) in [6.07, 6.45) is 7.39. The van der Waals surface area contributed by atoms with E-state index >= 15 is 0 Å². The maximum Gasteiger partial charge on any atom is 0.176 e. The fourth-order valence-corrected chi connectivity index (χ4v) is 5.30. The van der Waals surface area contributed by atoms with Crippen molar-refractivity contribution in [3.05, 3.63) is 65.8 Å². The van der Waals surface area contributed by atoms with Crippen molar-refractivity contribution in [1.29, 1.82) is 5.26 Å². The summed E-state index contributed by atoms with van der Waals surface area (Å²) < 4.78 is 3.99. The molecule has 2 heterocycles. The number of nitriles is 1. The lowest BCUT2D eigenvalue weighted by atomic mass is 9.58. The van der Waals surface area contributed by atoms with E-state index in [0.717, 1.165) is 41.3 Å². The number of para-hydroxylation sites is 1. The number of ketones is 1. The van der Waals surface area contributed by atoms with Gasteiger partial charge < -0.3 is 0 Å². The molecule has 1 aromatic carbocycles. The van der Waals surface area contributed by atoms with Crippen LogP contribution in [-0.4, -0.2) is 25.1 Å². The second kappa shape index (κ2) is 6.53. The van der Waals surface area contributed by atoms with Crippen LogP contribution >= 0.6 is 0 Å². The zero-order valence-electron chi connectivity index (χ0n) is 17.3. The van der Waals surface area contributed by atoms with Gasteiger partial charge in [0.1, 0.15) is 11.9 Å². The molecule has 2 aromatic heterocycles. The Morgan fingerprint density at radius 3 is 2.70 bits per heavy atom. The fraction of sp³-hybridized carbons (Fsp3) is 0.333. The number of Topliss-reactive ketones (excluding diaryl/α,β-unsaturated/α-hetero) is 1. The van der Waals surface area contributed by atoms with Gasteiger partial charge >= 0.3 is 0 Å². The van der Waals surface area contributed by atoms with Crippen LogP contribution in [-0.2, 0) is 23.7 Å². The van der Waals surface area contributed by atoms with E-state index in [9.17, 15) is 10.1 Å². The summed E-state index contributed by atoms with van der Waals surface area (Å²) in [5.41, 5.74) is 3.91. The van der Waals surface area contributed by atoms with Gasteiger partial charge in [-0.2, -0.15) is 10.4 Å². The quantitative estimate of drug-likeness (QED) is 0.660. The first kappa shape index (κ1) is 18.6. The molecule has 6 nitrogen and oxygen atoms in total. The zero-order valence-corrected chi connectivity index (χ0v) is 17.3. The summed E-state index contributed by atoms with van der Waals surface area (Å²) in [4.78, 5) is 17.8. The summed E-state index contributed by atoms with van der Waals surface area (Å²) in [5, 5.41) is 13.9. The Kier molecular flexibility index (Phi) is 4.04. The van der Waals surface area contributed by atoms with Crippen LogP contribution in [0.4, 0.5) is 0 Å². The molecule has 0 unspecified atom stereocenters. The summed E-state index contributed by atoms with van der Waals surface area (Å²) in [6, 6.07) is 12.3. The van der Waals surface area contributed by atoms with Gasteiger partial charge in [-0.25, -0.2) is 4.98 Å². The lowest BCUT2D eigenvalue weighted by Crippen LogP contribution is -2.45. The Morgan fingerprint density at radius 1 is 1.27 bits per heavy atom. The van der Waals surface area contributed by atoms with Crippen molar-refractivity contribution in [2.24, 2.45) is 18.9 Å². The van der Waals surface area contributed by atoms with Gasteiger partial charge in [-0.3, -0.25) is 14.0 Å². The second-order valence-corrected chi connectivity index (χ2v) is 8.55. The maximum absolute atomic E-state index is 12.7. The minimum absolute atomic E-state index is 0.0431. The molecule has 3 aromatic rings. The number of aryl methyl sites for hydroxylation is 1. The lowest BCUT2D eigenvalue weighted by Gasteiger charge is -2.44. The number of hydrogen-bond acceptors (Lipinski definition) is 4. The number of benzene rings is 1. The number of allylic oxidation sites excluding steroid dienone is 2. The molecule has 150 valence electrons. The minimum atomic E-state index is -0.455. The molecule has 0 bridgehead atoms. The molecule has 3 atom stereocenters. The fourth-order valence-electron chi connectivity index (χ4n) is 5.30. The van der Waals surface area contributed by atoms with Crippen molar-refractivity contribution in [1.82, 2.24) is 19.3 Å². The number of hydrogen-bond donors (Lipinski definition) is 0. The van der Waals surface area contributed by atoms with E-state index in [4.69, 9.17) is 4.98 Å². The monoisotopic (exact) mass is 397 g/mol. The Bertz CT molecular complexity index is 1230. The van der Waals surface area contributed by atoms with Gasteiger partial charge in [-0.1, -0.05) is 38.1 Å². The Labute approximate surface area is 175 Å². The third kappa shape index (κ3) is 2.51. The van der Waals surface area contributed by atoms with Crippen molar-refractivity contribution >= 4 is 5.78 Å². The molecule has 2 aliphatic rings. The van der Waals surface area contributed by atoms with Gasteiger partial charge in [0.15, 0.2) is 5.78 Å². The highest BCUT2D eigenvalue weighted by Crippen LogP contribution is 2.50. The van der Waals surface area contributed by atoms with Gasteiger partial charge in [0.2, 0.25) is 0 Å². The predicted molar refractivity (Wildman–Crippen MR) is 113 cm³/mol. The first-order chi connectivity index (χ1) is 14.4. The van der Waals surface area contributed by atoms with Crippen LogP contribution in [0.3, 0.4) is 0 Å². The van der Waals surface area contributed by atoms with Crippen molar-refractivity contribution in [3.8, 4) is 23.1 Å². The third-order valence-corrected chi connectivity index (χ3v) is 6.77. The van der Waals surface area contributed by atoms with Crippen molar-refractivity contribution in [2.45, 2.75) is 32.1 Å². The molecular formula is C24H23N5O. The molecule has 0 radical (unpaired) electrons. The Balaban J connectivity index is 1.80. The topological polar surface area (TPSA) is 76.5 Å². The van der Waals surface area contributed by atoms with Gasteiger partial charge in [0.05, 0.1) is 23.0 Å². The molecule has 0 amide bonds. The summed E-state index contributed by atoms with van der Waals surface area (Å²) in [7, 11) is 1.90. The Morgan fingerprint density at radius 2 is 2.03 bits per heavy atom. The normalized spacial score (nSPS) is 25.3. The third-order valence-electron chi connectivity index (χ3n) is 6.77. The van der Waals surface area contributed by atoms with Crippen molar-refractivity contribution in [2.75, 3.05) is 0 Å². The number of carbonyl (C=O) groups is 1. The van der Waals surface area contributed by atoms with E-state index in [0.29, 0.717) is 0 Å². The highest BCUT2D eigenvalue weighted by molar-refractivity contribution is 6.02. The smallest absolute Gasteiger partial charge is 0.176 e. The van der Waals surface area contributed by atoms with Gasteiger partial charge in [0.25, 0.3) is 0 Å². The van der Waals surface area contributed by atoms with E-state index in [1.807, 2.05) is 50.6 Å². The number of imidazole rings is 1. The average molecular weight is 397 g/mol. The molecule has 30 heavy (non-hydrogen) atoms. The van der Waals surface area contributed by atoms with E-state index in [2.05, 4.69) is 34.8 Å². The number of carbonyl (C=O) groups excluding carboxylic acids is 1. The molecule has 0 fully saturated rings. The molecule has 0 N–H and O–H groups in total. The van der Waals surface area contributed by atoms with Crippen molar-refractivity contribution in [3.63, 3.8) is 0 Å². The standard InChI is InChI=1S/C24H23N5O/c1-15-19-9-10-20-22(24(19,2)11-16(12-25)21(15)30)27-23(17-13-26-28(3)14-17)29(20)18-7-5-4-6-8-18/h4-8,11,13-15,19H,9-10H2,1-3H3/t15-,19-,24-/m0/s1. The Hall–Kier alpha value is -3.46. The molecule has 6 heteroatoms.